The van der Waals surface area contributed by atoms with Gasteiger partial charge in [-0.25, -0.2) is 9.59 Å². The molecule has 8 heteroatoms. The second kappa shape index (κ2) is 7.49. The summed E-state index contributed by atoms with van der Waals surface area (Å²) in [5, 5.41) is 19.8. The van der Waals surface area contributed by atoms with Crippen LogP contribution in [0.15, 0.2) is 0 Å². The van der Waals surface area contributed by atoms with E-state index in [1.165, 1.54) is 4.90 Å². The van der Waals surface area contributed by atoms with Gasteiger partial charge in [-0.15, -0.1) is 0 Å². The molecule has 1 atom stereocenters. The molecule has 3 amide bonds. The molecule has 0 fully saturated rings. The normalized spacial score (nSPS) is 12.0. The second-order valence-corrected chi connectivity index (χ2v) is 4.02. The van der Waals surface area contributed by atoms with Gasteiger partial charge in [0.2, 0.25) is 5.91 Å². The van der Waals surface area contributed by atoms with Gasteiger partial charge in [-0.05, 0) is 13.8 Å². The molecule has 0 spiro atoms. The van der Waals surface area contributed by atoms with Crippen molar-refractivity contribution in [1.29, 1.82) is 0 Å². The first-order chi connectivity index (χ1) is 8.29. The third-order valence-electron chi connectivity index (χ3n) is 2.23. The lowest BCUT2D eigenvalue weighted by Gasteiger charge is -2.27. The van der Waals surface area contributed by atoms with Crippen LogP contribution in [0.5, 0.6) is 0 Å². The van der Waals surface area contributed by atoms with E-state index in [9.17, 15) is 14.4 Å². The lowest BCUT2D eigenvalue weighted by Crippen LogP contribution is -2.51. The quantitative estimate of drug-likeness (QED) is 0.453. The van der Waals surface area contributed by atoms with Crippen molar-refractivity contribution in [1.82, 2.24) is 10.2 Å². The van der Waals surface area contributed by atoms with Gasteiger partial charge in [0.25, 0.3) is 0 Å². The molecular weight excluding hydrogens is 242 g/mol. The molecule has 0 unspecified atom stereocenters. The average Bonchev–Trinajstić information content (AvgIpc) is 2.23. The van der Waals surface area contributed by atoms with E-state index in [0.29, 0.717) is 0 Å². The van der Waals surface area contributed by atoms with Gasteiger partial charge in [0, 0.05) is 12.6 Å². The van der Waals surface area contributed by atoms with E-state index in [2.05, 4.69) is 5.32 Å². The summed E-state index contributed by atoms with van der Waals surface area (Å²) in [6.07, 6.45) is -0.480. The Morgan fingerprint density at radius 2 is 1.89 bits per heavy atom. The Bertz CT molecular complexity index is 319. The number of carbonyl (C=O) groups excluding carboxylic acids is 2. The Morgan fingerprint density at radius 3 is 2.22 bits per heavy atom. The van der Waals surface area contributed by atoms with Crippen molar-refractivity contribution in [3.8, 4) is 0 Å². The number of aliphatic hydroxyl groups is 1. The zero-order valence-corrected chi connectivity index (χ0v) is 10.4. The van der Waals surface area contributed by atoms with Crippen molar-refractivity contribution in [3.05, 3.63) is 0 Å². The number of aliphatic hydroxyl groups excluding tert-OH is 1. The highest BCUT2D eigenvalue weighted by atomic mass is 16.4. The molecule has 104 valence electrons. The van der Waals surface area contributed by atoms with Crippen molar-refractivity contribution < 1.29 is 24.6 Å². The number of carbonyl (C=O) groups is 3. The number of carboxylic acid groups (broad SMARTS) is 1. The van der Waals surface area contributed by atoms with Crippen molar-refractivity contribution in [2.24, 2.45) is 5.73 Å². The number of hydrogen-bond donors (Lipinski definition) is 4. The highest BCUT2D eigenvalue weighted by Gasteiger charge is 2.25. The summed E-state index contributed by atoms with van der Waals surface area (Å²) in [6, 6.07) is -2.23. The summed E-state index contributed by atoms with van der Waals surface area (Å²) in [6.45, 7) is 3.28. The number of amides is 3. The lowest BCUT2D eigenvalue weighted by atomic mass is 10.2. The lowest BCUT2D eigenvalue weighted by molar-refractivity contribution is -0.141. The minimum Gasteiger partial charge on any atom is -0.480 e. The van der Waals surface area contributed by atoms with Crippen LogP contribution < -0.4 is 11.1 Å². The van der Waals surface area contributed by atoms with E-state index in [1.807, 2.05) is 0 Å². The molecule has 0 aromatic rings. The zero-order chi connectivity index (χ0) is 14.3. The topological polar surface area (TPSA) is 133 Å². The van der Waals surface area contributed by atoms with E-state index in [-0.39, 0.29) is 19.2 Å². The third-order valence-corrected chi connectivity index (χ3v) is 2.23. The summed E-state index contributed by atoms with van der Waals surface area (Å²) in [4.78, 5) is 34.5. The van der Waals surface area contributed by atoms with Crippen LogP contribution in [-0.4, -0.2) is 58.3 Å². The van der Waals surface area contributed by atoms with Crippen LogP contribution in [-0.2, 0) is 9.59 Å². The van der Waals surface area contributed by atoms with Crippen molar-refractivity contribution in [2.75, 3.05) is 13.2 Å². The average molecular weight is 261 g/mol. The number of aliphatic carboxylic acids is 1. The monoisotopic (exact) mass is 261 g/mol. The van der Waals surface area contributed by atoms with Crippen LogP contribution in [0.3, 0.4) is 0 Å². The molecule has 0 saturated heterocycles. The minimum atomic E-state index is -1.37. The smallest absolute Gasteiger partial charge is 0.326 e. The van der Waals surface area contributed by atoms with Gasteiger partial charge >= 0.3 is 12.0 Å². The number of nitrogens with two attached hydrogens (primary N) is 1. The molecule has 0 aromatic heterocycles. The van der Waals surface area contributed by atoms with E-state index in [4.69, 9.17) is 15.9 Å². The zero-order valence-electron chi connectivity index (χ0n) is 10.4. The molecule has 18 heavy (non-hydrogen) atoms. The summed E-state index contributed by atoms with van der Waals surface area (Å²) >= 11 is 0. The van der Waals surface area contributed by atoms with Crippen LogP contribution in [0.4, 0.5) is 4.79 Å². The molecule has 0 heterocycles. The Balaban J connectivity index is 4.65. The predicted molar refractivity (Wildman–Crippen MR) is 62.7 cm³/mol. The number of nitrogens with zero attached hydrogens (tertiary/aromatic N) is 1. The van der Waals surface area contributed by atoms with Gasteiger partial charge in [-0.3, -0.25) is 4.79 Å². The Hall–Kier alpha value is -1.83. The molecule has 0 rings (SSSR count). The predicted octanol–water partition coefficient (Wildman–Crippen LogP) is -1.27. The first kappa shape index (κ1) is 16.2. The molecular formula is C10H19N3O5. The van der Waals surface area contributed by atoms with E-state index in [0.717, 1.165) is 0 Å². The van der Waals surface area contributed by atoms with Gasteiger partial charge < -0.3 is 26.2 Å². The molecule has 0 aliphatic carbocycles. The molecule has 0 aliphatic heterocycles. The fraction of sp³-hybridized carbons (Fsp3) is 0.700. The van der Waals surface area contributed by atoms with E-state index in [1.54, 1.807) is 13.8 Å². The van der Waals surface area contributed by atoms with Gasteiger partial charge in [0.15, 0.2) is 0 Å². The molecule has 0 aliphatic rings. The third kappa shape index (κ3) is 5.48. The highest BCUT2D eigenvalue weighted by Crippen LogP contribution is 2.00. The maximum atomic E-state index is 11.8. The summed E-state index contributed by atoms with van der Waals surface area (Å²) in [5.74, 6) is -2.16. The fourth-order valence-electron chi connectivity index (χ4n) is 1.34. The molecule has 0 saturated carbocycles. The molecule has 0 bridgehead atoms. The Labute approximate surface area is 105 Å². The van der Waals surface area contributed by atoms with Gasteiger partial charge in [0.1, 0.15) is 6.04 Å². The van der Waals surface area contributed by atoms with Crippen LogP contribution >= 0.6 is 0 Å². The highest BCUT2D eigenvalue weighted by molar-refractivity contribution is 5.87. The summed E-state index contributed by atoms with van der Waals surface area (Å²) < 4.78 is 0. The van der Waals surface area contributed by atoms with Gasteiger partial charge in [0.05, 0.1) is 13.0 Å². The number of hydrogen-bond acceptors (Lipinski definition) is 4. The molecule has 0 aromatic carbocycles. The van der Waals surface area contributed by atoms with Gasteiger partial charge in [-0.2, -0.15) is 0 Å². The summed E-state index contributed by atoms with van der Waals surface area (Å²) in [5.41, 5.74) is 4.89. The van der Waals surface area contributed by atoms with Crippen LogP contribution in [0, 0.1) is 0 Å². The minimum absolute atomic E-state index is 0.0758. The molecule has 5 N–H and O–H groups in total. The van der Waals surface area contributed by atoms with E-state index >= 15 is 0 Å². The fourth-order valence-corrected chi connectivity index (χ4v) is 1.34. The molecule has 0 radical (unpaired) electrons. The van der Waals surface area contributed by atoms with Crippen LogP contribution in [0.1, 0.15) is 20.3 Å². The van der Waals surface area contributed by atoms with Crippen LogP contribution in [0.25, 0.3) is 0 Å². The van der Waals surface area contributed by atoms with E-state index < -0.39 is 30.4 Å². The van der Waals surface area contributed by atoms with Crippen LogP contribution in [0.2, 0.25) is 0 Å². The summed E-state index contributed by atoms with van der Waals surface area (Å²) in [7, 11) is 0. The number of rotatable bonds is 7. The van der Waals surface area contributed by atoms with Gasteiger partial charge in [-0.1, -0.05) is 0 Å². The number of primary amides is 1. The maximum absolute atomic E-state index is 11.8. The number of nitrogens with one attached hydrogen (secondary N) is 1. The Morgan fingerprint density at radius 1 is 1.33 bits per heavy atom. The number of carboxylic acids is 1. The van der Waals surface area contributed by atoms with Crippen molar-refractivity contribution in [3.63, 3.8) is 0 Å². The Kier molecular flexibility index (Phi) is 6.73. The van der Waals surface area contributed by atoms with Crippen molar-refractivity contribution in [2.45, 2.75) is 32.4 Å². The first-order valence-corrected chi connectivity index (χ1v) is 5.48. The first-order valence-electron chi connectivity index (χ1n) is 5.48. The standard InChI is InChI=1S/C10H19N3O5/c1-6(2)13(3-4-14)10(18)12-7(9(16)17)5-8(11)15/h6-7,14H,3-5H2,1-2H3,(H2,11,15)(H,12,18)(H,16,17)/t7-/m1/s1. The second-order valence-electron chi connectivity index (χ2n) is 4.02. The van der Waals surface area contributed by atoms with Crippen molar-refractivity contribution >= 4 is 17.9 Å². The maximum Gasteiger partial charge on any atom is 0.326 e. The number of urea groups is 1. The molecule has 8 nitrogen and oxygen atoms in total. The largest absolute Gasteiger partial charge is 0.480 e. The SMILES string of the molecule is CC(C)N(CCO)C(=O)N[C@H](CC(N)=O)C(=O)O.